The first kappa shape index (κ1) is 16.4. The fourth-order valence-electron chi connectivity index (χ4n) is 2.89. The average Bonchev–Trinajstić information content (AvgIpc) is 2.64. The van der Waals surface area contributed by atoms with Crippen LogP contribution in [-0.2, 0) is 9.53 Å². The van der Waals surface area contributed by atoms with E-state index in [1.165, 1.54) is 19.3 Å². The van der Waals surface area contributed by atoms with Crippen LogP contribution in [0.2, 0.25) is 0 Å². The molecule has 1 heterocycles. The van der Waals surface area contributed by atoms with E-state index < -0.39 is 0 Å². The second kappa shape index (κ2) is 9.32. The summed E-state index contributed by atoms with van der Waals surface area (Å²) in [5.41, 5.74) is 5.99. The van der Waals surface area contributed by atoms with Crippen LogP contribution in [0.4, 0.5) is 0 Å². The van der Waals surface area contributed by atoms with Gasteiger partial charge in [0.25, 0.3) is 0 Å². The molecule has 0 saturated carbocycles. The van der Waals surface area contributed by atoms with Crippen LogP contribution in [0.1, 0.15) is 51.9 Å². The van der Waals surface area contributed by atoms with Crippen LogP contribution in [0.5, 0.6) is 0 Å². The van der Waals surface area contributed by atoms with Crippen LogP contribution in [0, 0.1) is 5.92 Å². The maximum absolute atomic E-state index is 12.3. The number of hydrogen-bond acceptors (Lipinski definition) is 3. The molecule has 1 saturated heterocycles. The number of hydrogen-bond donors (Lipinski definition) is 1. The van der Waals surface area contributed by atoms with Gasteiger partial charge in [-0.3, -0.25) is 4.79 Å². The fraction of sp³-hybridized carbons (Fsp3) is 0.933. The number of nitrogens with two attached hydrogens (primary N) is 1. The van der Waals surface area contributed by atoms with E-state index in [2.05, 4.69) is 6.92 Å². The lowest BCUT2D eigenvalue weighted by atomic mass is 9.96. The molecule has 0 aromatic carbocycles. The summed E-state index contributed by atoms with van der Waals surface area (Å²) in [6, 6.07) is -0.349. The van der Waals surface area contributed by atoms with Crippen LogP contribution in [0.25, 0.3) is 0 Å². The Morgan fingerprint density at radius 1 is 1.42 bits per heavy atom. The van der Waals surface area contributed by atoms with E-state index >= 15 is 0 Å². The molecule has 1 rings (SSSR count). The van der Waals surface area contributed by atoms with Crippen LogP contribution in [0.15, 0.2) is 0 Å². The third-order valence-corrected chi connectivity index (χ3v) is 4.04. The maximum Gasteiger partial charge on any atom is 0.239 e. The smallest absolute Gasteiger partial charge is 0.239 e. The second-order valence-corrected chi connectivity index (χ2v) is 5.65. The topological polar surface area (TPSA) is 55.6 Å². The minimum atomic E-state index is -0.349. The van der Waals surface area contributed by atoms with Gasteiger partial charge in [0.1, 0.15) is 0 Å². The van der Waals surface area contributed by atoms with Crippen LogP contribution in [0.3, 0.4) is 0 Å². The maximum atomic E-state index is 12.3. The Balaban J connectivity index is 2.35. The Bertz CT molecular complexity index is 259. The van der Waals surface area contributed by atoms with E-state index in [1.807, 2.05) is 4.90 Å². The lowest BCUT2D eigenvalue weighted by Gasteiger charge is -2.24. The van der Waals surface area contributed by atoms with Crippen molar-refractivity contribution in [1.82, 2.24) is 4.90 Å². The molecule has 0 aromatic heterocycles. The van der Waals surface area contributed by atoms with Crippen molar-refractivity contribution in [2.45, 2.75) is 57.9 Å². The average molecular weight is 270 g/mol. The predicted octanol–water partition coefficient (Wildman–Crippen LogP) is 2.17. The van der Waals surface area contributed by atoms with E-state index in [4.69, 9.17) is 10.5 Å². The van der Waals surface area contributed by atoms with Gasteiger partial charge in [0.2, 0.25) is 5.91 Å². The lowest BCUT2D eigenvalue weighted by Crippen LogP contribution is -2.44. The molecule has 4 heteroatoms. The van der Waals surface area contributed by atoms with Gasteiger partial charge in [-0.2, -0.15) is 0 Å². The third-order valence-electron chi connectivity index (χ3n) is 4.04. The van der Waals surface area contributed by atoms with Gasteiger partial charge in [-0.05, 0) is 38.0 Å². The SMILES string of the molecule is CCCC1CCCN(C(=O)C(N)CCCOC)CC1. The molecule has 2 atom stereocenters. The van der Waals surface area contributed by atoms with Gasteiger partial charge in [-0.15, -0.1) is 0 Å². The zero-order valence-corrected chi connectivity index (χ0v) is 12.6. The Labute approximate surface area is 117 Å². The van der Waals surface area contributed by atoms with Crippen LogP contribution < -0.4 is 5.73 Å². The number of carbonyl (C=O) groups is 1. The molecule has 1 fully saturated rings. The van der Waals surface area contributed by atoms with Gasteiger partial charge in [-0.25, -0.2) is 0 Å². The fourth-order valence-corrected chi connectivity index (χ4v) is 2.89. The summed E-state index contributed by atoms with van der Waals surface area (Å²) < 4.78 is 5.00. The second-order valence-electron chi connectivity index (χ2n) is 5.65. The van der Waals surface area contributed by atoms with Gasteiger partial charge in [0.05, 0.1) is 6.04 Å². The summed E-state index contributed by atoms with van der Waals surface area (Å²) in [5, 5.41) is 0. The molecule has 2 unspecified atom stereocenters. The van der Waals surface area contributed by atoms with Crippen LogP contribution >= 0.6 is 0 Å². The Morgan fingerprint density at radius 3 is 2.89 bits per heavy atom. The highest BCUT2D eigenvalue weighted by atomic mass is 16.5. The molecule has 19 heavy (non-hydrogen) atoms. The summed E-state index contributed by atoms with van der Waals surface area (Å²) in [6.07, 6.45) is 7.65. The highest BCUT2D eigenvalue weighted by Crippen LogP contribution is 2.22. The number of ether oxygens (including phenoxy) is 1. The Hall–Kier alpha value is -0.610. The number of methoxy groups -OCH3 is 1. The molecule has 0 aromatic rings. The molecule has 0 bridgehead atoms. The largest absolute Gasteiger partial charge is 0.385 e. The van der Waals surface area contributed by atoms with Gasteiger partial charge in [0.15, 0.2) is 0 Å². The summed E-state index contributed by atoms with van der Waals surface area (Å²) in [7, 11) is 1.68. The van der Waals surface area contributed by atoms with Gasteiger partial charge >= 0.3 is 0 Å². The van der Waals surface area contributed by atoms with Crippen molar-refractivity contribution in [2.75, 3.05) is 26.8 Å². The molecule has 0 aliphatic carbocycles. The molecule has 0 radical (unpaired) electrons. The molecule has 0 spiro atoms. The molecule has 4 nitrogen and oxygen atoms in total. The van der Waals surface area contributed by atoms with E-state index in [9.17, 15) is 4.79 Å². The molecule has 1 aliphatic rings. The highest BCUT2D eigenvalue weighted by molar-refractivity contribution is 5.81. The zero-order chi connectivity index (χ0) is 14.1. The van der Waals surface area contributed by atoms with Crippen molar-refractivity contribution in [2.24, 2.45) is 11.7 Å². The molecular formula is C15H30N2O2. The molecule has 1 amide bonds. The van der Waals surface area contributed by atoms with E-state index in [1.54, 1.807) is 7.11 Å². The summed E-state index contributed by atoms with van der Waals surface area (Å²) in [6.45, 7) is 4.69. The van der Waals surface area contributed by atoms with Gasteiger partial charge < -0.3 is 15.4 Å². The zero-order valence-electron chi connectivity index (χ0n) is 12.6. The van der Waals surface area contributed by atoms with Crippen molar-refractivity contribution in [3.05, 3.63) is 0 Å². The number of rotatable bonds is 7. The molecule has 2 N–H and O–H groups in total. The monoisotopic (exact) mass is 270 g/mol. The summed E-state index contributed by atoms with van der Waals surface area (Å²) in [5.74, 6) is 0.931. The van der Waals surface area contributed by atoms with Crippen molar-refractivity contribution in [3.8, 4) is 0 Å². The van der Waals surface area contributed by atoms with Gasteiger partial charge in [0, 0.05) is 26.8 Å². The highest BCUT2D eigenvalue weighted by Gasteiger charge is 2.23. The minimum Gasteiger partial charge on any atom is -0.385 e. The van der Waals surface area contributed by atoms with E-state index in [0.29, 0.717) is 6.61 Å². The number of likely N-dealkylation sites (tertiary alicyclic amines) is 1. The van der Waals surface area contributed by atoms with E-state index in [-0.39, 0.29) is 11.9 Å². The third kappa shape index (κ3) is 5.91. The number of nitrogens with zero attached hydrogens (tertiary/aromatic N) is 1. The standard InChI is InChI=1S/C15H30N2O2/c1-3-6-13-7-4-10-17(11-9-13)15(18)14(16)8-5-12-19-2/h13-14H,3-12,16H2,1-2H3. The minimum absolute atomic E-state index is 0.133. The van der Waals surface area contributed by atoms with Crippen molar-refractivity contribution in [1.29, 1.82) is 0 Å². The summed E-state index contributed by atoms with van der Waals surface area (Å²) in [4.78, 5) is 14.2. The molecule has 1 aliphatic heterocycles. The lowest BCUT2D eigenvalue weighted by molar-refractivity contribution is -0.132. The Morgan fingerprint density at radius 2 is 2.21 bits per heavy atom. The Kier molecular flexibility index (Phi) is 8.07. The predicted molar refractivity (Wildman–Crippen MR) is 77.9 cm³/mol. The van der Waals surface area contributed by atoms with Crippen molar-refractivity contribution >= 4 is 5.91 Å². The van der Waals surface area contributed by atoms with Crippen LogP contribution in [-0.4, -0.2) is 43.7 Å². The number of amides is 1. The van der Waals surface area contributed by atoms with Gasteiger partial charge in [-0.1, -0.05) is 19.8 Å². The van der Waals surface area contributed by atoms with Crippen molar-refractivity contribution in [3.63, 3.8) is 0 Å². The quantitative estimate of drug-likeness (QED) is 0.721. The first-order valence-corrected chi connectivity index (χ1v) is 7.72. The first-order chi connectivity index (χ1) is 9.19. The first-order valence-electron chi connectivity index (χ1n) is 7.72. The molecule has 112 valence electrons. The normalized spacial score (nSPS) is 22.1. The molecular weight excluding hydrogens is 240 g/mol. The van der Waals surface area contributed by atoms with Crippen molar-refractivity contribution < 1.29 is 9.53 Å². The summed E-state index contributed by atoms with van der Waals surface area (Å²) >= 11 is 0. The number of carbonyl (C=O) groups excluding carboxylic acids is 1. The van der Waals surface area contributed by atoms with E-state index in [0.717, 1.165) is 44.7 Å².